The Kier molecular flexibility index (Phi) is 17.7. The topological polar surface area (TPSA) is 104 Å². The van der Waals surface area contributed by atoms with Gasteiger partial charge in [-0.3, -0.25) is 4.52 Å². The first kappa shape index (κ1) is 23.9. The zero-order valence-corrected chi connectivity index (χ0v) is 15.6. The highest BCUT2D eigenvalue weighted by Gasteiger charge is 2.12. The number of hydrogen-bond acceptors (Lipinski definition) is 6. The van der Waals surface area contributed by atoms with Crippen LogP contribution < -0.4 is 0 Å². The summed E-state index contributed by atoms with van der Waals surface area (Å²) in [5.41, 5.74) is 0. The van der Waals surface area contributed by atoms with Crippen LogP contribution in [0.1, 0.15) is 77.6 Å². The van der Waals surface area contributed by atoms with Crippen molar-refractivity contribution in [3.63, 3.8) is 0 Å². The van der Waals surface area contributed by atoms with Crippen molar-refractivity contribution in [2.75, 3.05) is 19.8 Å². The molecule has 8 nitrogen and oxygen atoms in total. The minimum atomic E-state index is -4.46. The van der Waals surface area contributed by atoms with Gasteiger partial charge in [0.05, 0.1) is 13.2 Å². The maximum atomic E-state index is 10.3. The molecule has 0 aromatic carbocycles. The quantitative estimate of drug-likeness (QED) is 0.150. The minimum absolute atomic E-state index is 0.188. The van der Waals surface area contributed by atoms with E-state index in [4.69, 9.17) is 14.7 Å². The lowest BCUT2D eigenvalue weighted by Crippen LogP contribution is -2.05. The summed E-state index contributed by atoms with van der Waals surface area (Å²) in [5.74, 6) is 0. The van der Waals surface area contributed by atoms with Crippen molar-refractivity contribution >= 4 is 7.82 Å². The Balaban J connectivity index is 3.02. The summed E-state index contributed by atoms with van der Waals surface area (Å²) < 4.78 is 14.4. The second-order valence-electron chi connectivity index (χ2n) is 5.64. The second-order valence-corrected chi connectivity index (χ2v) is 6.88. The van der Waals surface area contributed by atoms with Crippen LogP contribution in [0.4, 0.5) is 0 Å². The predicted octanol–water partition coefficient (Wildman–Crippen LogP) is 4.22. The van der Waals surface area contributed by atoms with E-state index in [0.717, 1.165) is 12.8 Å². The van der Waals surface area contributed by atoms with E-state index in [9.17, 15) is 4.57 Å². The van der Waals surface area contributed by atoms with E-state index in [-0.39, 0.29) is 13.2 Å². The molecule has 0 aliphatic rings. The molecule has 0 radical (unpaired) electrons. The Morgan fingerprint density at radius 2 is 1.12 bits per heavy atom. The van der Waals surface area contributed by atoms with Gasteiger partial charge in [-0.2, -0.15) is 0 Å². The molecule has 146 valence electrons. The van der Waals surface area contributed by atoms with Crippen LogP contribution in [-0.2, 0) is 28.9 Å². The summed E-state index contributed by atoms with van der Waals surface area (Å²) in [5, 5.41) is 8.48. The van der Waals surface area contributed by atoms with Crippen LogP contribution in [0.15, 0.2) is 0 Å². The third-order valence-corrected chi connectivity index (χ3v) is 3.90. The molecule has 0 bridgehead atoms. The third-order valence-electron chi connectivity index (χ3n) is 3.38. The first-order valence-electron chi connectivity index (χ1n) is 8.84. The van der Waals surface area contributed by atoms with E-state index >= 15 is 0 Å². The largest absolute Gasteiger partial charge is 0.469 e. The molecule has 0 aromatic heterocycles. The molecule has 0 fully saturated rings. The SMILES string of the molecule is CCCCCCCCCCCCCOOOOCCOP(=O)(O)O. The van der Waals surface area contributed by atoms with Crippen molar-refractivity contribution in [3.05, 3.63) is 0 Å². The molecule has 0 spiro atoms. The fraction of sp³-hybridized carbons (Fsp3) is 1.00. The number of rotatable bonds is 19. The maximum absolute atomic E-state index is 10.3. The maximum Gasteiger partial charge on any atom is 0.469 e. The average molecular weight is 372 g/mol. The summed E-state index contributed by atoms with van der Waals surface area (Å²) in [6, 6.07) is 0. The van der Waals surface area contributed by atoms with Crippen molar-refractivity contribution in [2.24, 2.45) is 0 Å². The van der Waals surface area contributed by atoms with Crippen molar-refractivity contribution in [2.45, 2.75) is 77.6 Å². The fourth-order valence-corrected chi connectivity index (χ4v) is 2.44. The zero-order chi connectivity index (χ0) is 17.9. The fourth-order valence-electron chi connectivity index (χ4n) is 2.12. The van der Waals surface area contributed by atoms with Crippen LogP contribution in [0.3, 0.4) is 0 Å². The number of hydrogen-bond donors (Lipinski definition) is 2. The minimum Gasteiger partial charge on any atom is -0.303 e. The summed E-state index contributed by atoms with van der Waals surface area (Å²) >= 11 is 0. The van der Waals surface area contributed by atoms with Crippen LogP contribution in [0.25, 0.3) is 0 Å². The van der Waals surface area contributed by atoms with Gasteiger partial charge in [0.25, 0.3) is 0 Å². The normalized spacial score (nSPS) is 12.0. The third kappa shape index (κ3) is 21.9. The molecular formula is C15H33O8P. The zero-order valence-electron chi connectivity index (χ0n) is 14.7. The molecule has 0 heterocycles. The van der Waals surface area contributed by atoms with Crippen molar-refractivity contribution in [3.8, 4) is 0 Å². The van der Waals surface area contributed by atoms with Crippen LogP contribution in [0.2, 0.25) is 0 Å². The first-order chi connectivity index (χ1) is 11.6. The first-order valence-corrected chi connectivity index (χ1v) is 10.4. The van der Waals surface area contributed by atoms with Gasteiger partial charge in [0.2, 0.25) is 0 Å². The summed E-state index contributed by atoms with van der Waals surface area (Å²) in [6.45, 7) is 2.14. The summed E-state index contributed by atoms with van der Waals surface area (Å²) in [7, 11) is -4.46. The standard InChI is InChI=1S/C15H33O8P/c1-2-3-4-5-6-7-8-9-10-11-12-13-19-22-23-20-14-15-21-24(16,17)18/h2-15H2,1H3,(H2,16,17,18). The average Bonchev–Trinajstić information content (AvgIpc) is 2.52. The molecule has 0 unspecified atom stereocenters. The molecule has 0 saturated heterocycles. The van der Waals surface area contributed by atoms with Gasteiger partial charge >= 0.3 is 7.82 Å². The Labute approximate surface area is 144 Å². The Morgan fingerprint density at radius 3 is 1.62 bits per heavy atom. The van der Waals surface area contributed by atoms with E-state index in [1.54, 1.807) is 0 Å². The van der Waals surface area contributed by atoms with Crippen molar-refractivity contribution in [1.82, 2.24) is 0 Å². The van der Waals surface area contributed by atoms with Gasteiger partial charge in [0, 0.05) is 0 Å². The molecule has 0 rings (SSSR count). The highest BCUT2D eigenvalue weighted by molar-refractivity contribution is 7.46. The molecule has 0 aromatic rings. The Hall–Kier alpha value is -0.0500. The van der Waals surface area contributed by atoms with E-state index in [2.05, 4.69) is 26.4 Å². The van der Waals surface area contributed by atoms with Crippen LogP contribution in [0, 0.1) is 0 Å². The monoisotopic (exact) mass is 372 g/mol. The number of unbranched alkanes of at least 4 members (excludes halogenated alkanes) is 10. The van der Waals surface area contributed by atoms with Crippen molar-refractivity contribution in [1.29, 1.82) is 0 Å². The van der Waals surface area contributed by atoms with Gasteiger partial charge in [-0.15, -0.1) is 0 Å². The van der Waals surface area contributed by atoms with E-state index < -0.39 is 7.82 Å². The number of phosphoric acid groups is 1. The van der Waals surface area contributed by atoms with Crippen LogP contribution in [-0.4, -0.2) is 29.6 Å². The lowest BCUT2D eigenvalue weighted by atomic mass is 10.1. The van der Waals surface area contributed by atoms with Gasteiger partial charge in [0.15, 0.2) is 0 Å². The predicted molar refractivity (Wildman–Crippen MR) is 88.5 cm³/mol. The van der Waals surface area contributed by atoms with Gasteiger partial charge in [0.1, 0.15) is 6.61 Å². The molecule has 24 heavy (non-hydrogen) atoms. The van der Waals surface area contributed by atoms with Gasteiger partial charge in [-0.25, -0.2) is 14.3 Å². The van der Waals surface area contributed by atoms with E-state index in [1.807, 2.05) is 0 Å². The lowest BCUT2D eigenvalue weighted by molar-refractivity contribution is -0.634. The van der Waals surface area contributed by atoms with E-state index in [1.165, 1.54) is 57.8 Å². The summed E-state index contributed by atoms with van der Waals surface area (Å²) in [6.07, 6.45) is 13.8. The molecule has 9 heteroatoms. The molecular weight excluding hydrogens is 339 g/mol. The number of phosphoric ester groups is 1. The van der Waals surface area contributed by atoms with Crippen LogP contribution in [0.5, 0.6) is 0 Å². The Morgan fingerprint density at radius 1 is 0.667 bits per heavy atom. The molecule has 0 saturated carbocycles. The van der Waals surface area contributed by atoms with Crippen LogP contribution >= 0.6 is 7.82 Å². The lowest BCUT2D eigenvalue weighted by Gasteiger charge is -2.05. The Bertz CT molecular complexity index is 297. The second kappa shape index (κ2) is 17.8. The molecule has 0 atom stereocenters. The molecule has 0 amide bonds. The smallest absolute Gasteiger partial charge is 0.303 e. The van der Waals surface area contributed by atoms with E-state index in [0.29, 0.717) is 6.61 Å². The van der Waals surface area contributed by atoms with Gasteiger partial charge < -0.3 is 9.79 Å². The molecule has 2 N–H and O–H groups in total. The van der Waals surface area contributed by atoms with Gasteiger partial charge in [-0.05, 0) is 16.5 Å². The summed E-state index contributed by atoms with van der Waals surface area (Å²) in [4.78, 5) is 25.9. The molecule has 0 aliphatic carbocycles. The molecule has 0 aliphatic heterocycles. The highest BCUT2D eigenvalue weighted by atomic mass is 31.2. The highest BCUT2D eigenvalue weighted by Crippen LogP contribution is 2.35. The van der Waals surface area contributed by atoms with Crippen molar-refractivity contribution < 1.29 is 38.7 Å². The van der Waals surface area contributed by atoms with Gasteiger partial charge in [-0.1, -0.05) is 71.1 Å².